The summed E-state index contributed by atoms with van der Waals surface area (Å²) in [6, 6.07) is 29.9. The van der Waals surface area contributed by atoms with Gasteiger partial charge in [-0.2, -0.15) is 4.98 Å². The molecule has 9 heteroatoms. The number of hydrogen-bond acceptors (Lipinski definition) is 8. The van der Waals surface area contributed by atoms with Crippen molar-refractivity contribution in [3.05, 3.63) is 102 Å². The van der Waals surface area contributed by atoms with E-state index in [0.29, 0.717) is 36.3 Å². The number of likely N-dealkylation sites (tertiary alicyclic amines) is 1. The van der Waals surface area contributed by atoms with Gasteiger partial charge in [-0.15, -0.1) is 0 Å². The van der Waals surface area contributed by atoms with E-state index >= 15 is 0 Å². The second-order valence-electron chi connectivity index (χ2n) is 13.9. The minimum Gasteiger partial charge on any atom is -0.473 e. The van der Waals surface area contributed by atoms with E-state index in [9.17, 15) is 4.79 Å². The molecule has 6 rings (SSSR count). The molecule has 2 aliphatic heterocycles. The second kappa shape index (κ2) is 14.5. The Balaban J connectivity index is 1.12. The topological polar surface area (TPSA) is 102 Å². The monoisotopic (exact) mass is 649 g/mol. The number of carbonyl (C=O) groups excluding carboxylic acids is 1. The average Bonchev–Trinajstić information content (AvgIpc) is 3.09. The fourth-order valence-electron chi connectivity index (χ4n) is 6.46. The molecule has 3 N–H and O–H groups in total. The molecule has 48 heavy (non-hydrogen) atoms. The van der Waals surface area contributed by atoms with Crippen LogP contribution in [0.2, 0.25) is 0 Å². The zero-order valence-corrected chi connectivity index (χ0v) is 28.3. The molecule has 252 valence electrons. The number of nitrogen functional groups attached to an aromatic ring is 1. The number of nitrogens with one attached hydrogen (secondary N) is 1. The van der Waals surface area contributed by atoms with E-state index in [1.807, 2.05) is 111 Å². The zero-order valence-electron chi connectivity index (χ0n) is 28.3. The lowest BCUT2D eigenvalue weighted by atomic mass is 9.71. The highest BCUT2D eigenvalue weighted by Crippen LogP contribution is 2.44. The van der Waals surface area contributed by atoms with Gasteiger partial charge in [-0.25, -0.2) is 4.79 Å². The normalized spacial score (nSPS) is 16.0. The minimum atomic E-state index is -0.478. The lowest BCUT2D eigenvalue weighted by Crippen LogP contribution is -2.49. The van der Waals surface area contributed by atoms with Crippen molar-refractivity contribution in [2.45, 2.75) is 65.3 Å². The van der Waals surface area contributed by atoms with Crippen LogP contribution in [0, 0.1) is 5.41 Å². The summed E-state index contributed by atoms with van der Waals surface area (Å²) in [4.78, 5) is 21.6. The van der Waals surface area contributed by atoms with Crippen molar-refractivity contribution >= 4 is 28.8 Å². The molecular formula is C39H47N5O4. The first-order chi connectivity index (χ1) is 23.2. The number of amides is 1. The van der Waals surface area contributed by atoms with Crippen LogP contribution in [0.3, 0.4) is 0 Å². The molecule has 0 unspecified atom stereocenters. The first-order valence-electron chi connectivity index (χ1n) is 16.9. The Kier molecular flexibility index (Phi) is 9.94. The Labute approximate surface area is 284 Å². The third kappa shape index (κ3) is 8.32. The van der Waals surface area contributed by atoms with Crippen LogP contribution in [0.4, 0.5) is 27.5 Å². The SMILES string of the molecule is CC(C)(C)OC(=O)N1CCC2(CC1)CCN(c1cccc(Nc3ccc(OCc4ccccc4)nc3OCc3ccccc3)c1N)CC2. The van der Waals surface area contributed by atoms with Gasteiger partial charge in [-0.05, 0) is 81.2 Å². The summed E-state index contributed by atoms with van der Waals surface area (Å²) in [5.74, 6) is 0.917. The van der Waals surface area contributed by atoms with Crippen LogP contribution in [0.1, 0.15) is 57.6 Å². The lowest BCUT2D eigenvalue weighted by Gasteiger charge is -2.47. The van der Waals surface area contributed by atoms with Crippen LogP contribution in [0.5, 0.6) is 11.8 Å². The number of rotatable bonds is 9. The number of anilines is 4. The van der Waals surface area contributed by atoms with Crippen LogP contribution in [-0.4, -0.2) is 47.8 Å². The number of ether oxygens (including phenoxy) is 3. The largest absolute Gasteiger partial charge is 0.473 e. The summed E-state index contributed by atoms with van der Waals surface area (Å²) in [7, 11) is 0. The molecule has 3 heterocycles. The number of carbonyl (C=O) groups is 1. The summed E-state index contributed by atoms with van der Waals surface area (Å²) in [5.41, 5.74) is 11.9. The number of aromatic nitrogens is 1. The van der Waals surface area contributed by atoms with Gasteiger partial charge in [0, 0.05) is 32.2 Å². The van der Waals surface area contributed by atoms with E-state index in [0.717, 1.165) is 74.4 Å². The van der Waals surface area contributed by atoms with Crippen LogP contribution in [0.25, 0.3) is 0 Å². The van der Waals surface area contributed by atoms with E-state index in [-0.39, 0.29) is 11.5 Å². The number of piperidine rings is 2. The van der Waals surface area contributed by atoms with Gasteiger partial charge in [-0.3, -0.25) is 0 Å². The Bertz CT molecular complexity index is 1660. The molecular weight excluding hydrogens is 602 g/mol. The summed E-state index contributed by atoms with van der Waals surface area (Å²) in [5, 5.41) is 3.50. The molecule has 9 nitrogen and oxygen atoms in total. The average molecular weight is 650 g/mol. The molecule has 0 bridgehead atoms. The summed E-state index contributed by atoms with van der Waals surface area (Å²) in [6.45, 7) is 9.84. The second-order valence-corrected chi connectivity index (χ2v) is 13.9. The molecule has 2 aliphatic rings. The molecule has 4 aromatic rings. The number of pyridine rings is 1. The van der Waals surface area contributed by atoms with Crippen molar-refractivity contribution in [2.75, 3.05) is 42.1 Å². The van der Waals surface area contributed by atoms with Crippen molar-refractivity contribution in [1.82, 2.24) is 9.88 Å². The Hall–Kier alpha value is -4.92. The van der Waals surface area contributed by atoms with Gasteiger partial charge in [0.1, 0.15) is 24.5 Å². The molecule has 0 atom stereocenters. The molecule has 3 aromatic carbocycles. The summed E-state index contributed by atoms with van der Waals surface area (Å²) in [6.07, 6.45) is 3.93. The van der Waals surface area contributed by atoms with Gasteiger partial charge in [0.2, 0.25) is 11.8 Å². The molecule has 1 amide bonds. The highest BCUT2D eigenvalue weighted by atomic mass is 16.6. The van der Waals surface area contributed by atoms with Crippen molar-refractivity contribution in [3.63, 3.8) is 0 Å². The van der Waals surface area contributed by atoms with E-state index in [1.54, 1.807) is 0 Å². The first-order valence-corrected chi connectivity index (χ1v) is 16.9. The fourth-order valence-corrected chi connectivity index (χ4v) is 6.46. The van der Waals surface area contributed by atoms with Gasteiger partial charge in [0.05, 0.1) is 17.1 Å². The van der Waals surface area contributed by atoms with Crippen molar-refractivity contribution < 1.29 is 19.0 Å². The number of benzene rings is 3. The lowest BCUT2D eigenvalue weighted by molar-refractivity contribution is 0.00666. The van der Waals surface area contributed by atoms with Crippen molar-refractivity contribution in [1.29, 1.82) is 0 Å². The molecule has 2 saturated heterocycles. The van der Waals surface area contributed by atoms with E-state index in [1.165, 1.54) is 0 Å². The Morgan fingerprint density at radius 1 is 0.771 bits per heavy atom. The maximum Gasteiger partial charge on any atom is 0.410 e. The van der Waals surface area contributed by atoms with Crippen LogP contribution < -0.4 is 25.4 Å². The smallest absolute Gasteiger partial charge is 0.410 e. The van der Waals surface area contributed by atoms with Crippen molar-refractivity contribution in [3.8, 4) is 11.8 Å². The van der Waals surface area contributed by atoms with Gasteiger partial charge in [0.25, 0.3) is 0 Å². The molecule has 1 aromatic heterocycles. The van der Waals surface area contributed by atoms with E-state index < -0.39 is 5.60 Å². The number of hydrogen-bond donors (Lipinski definition) is 2. The van der Waals surface area contributed by atoms with Crippen LogP contribution in [0.15, 0.2) is 91.0 Å². The Morgan fingerprint density at radius 2 is 1.38 bits per heavy atom. The van der Waals surface area contributed by atoms with Gasteiger partial charge in [0.15, 0.2) is 0 Å². The Morgan fingerprint density at radius 3 is 2.00 bits per heavy atom. The third-order valence-corrected chi connectivity index (χ3v) is 9.28. The number of para-hydroxylation sites is 1. The quantitative estimate of drug-likeness (QED) is 0.175. The van der Waals surface area contributed by atoms with Gasteiger partial charge in [-0.1, -0.05) is 66.7 Å². The standard InChI is InChI=1S/C39H47N5O4/c1-38(2,3)48-37(45)44-25-21-39(22-26-44)19-23-43(24-20-39)33-16-10-15-31(35(33)40)41-32-17-18-34(46-27-29-11-6-4-7-12-29)42-36(32)47-28-30-13-8-5-9-14-30/h4-18,41H,19-28,40H2,1-3H3. The van der Waals surface area contributed by atoms with Gasteiger partial charge < -0.3 is 35.1 Å². The fraction of sp³-hybridized carbons (Fsp3) is 0.385. The summed E-state index contributed by atoms with van der Waals surface area (Å²) < 4.78 is 17.9. The number of nitrogens with zero attached hydrogens (tertiary/aromatic N) is 3. The van der Waals surface area contributed by atoms with Crippen LogP contribution in [-0.2, 0) is 18.0 Å². The third-order valence-electron chi connectivity index (χ3n) is 9.28. The molecule has 0 radical (unpaired) electrons. The maximum atomic E-state index is 12.6. The molecule has 0 saturated carbocycles. The van der Waals surface area contributed by atoms with E-state index in [4.69, 9.17) is 24.9 Å². The number of nitrogens with two attached hydrogens (primary N) is 1. The predicted molar refractivity (Wildman–Crippen MR) is 191 cm³/mol. The highest BCUT2D eigenvalue weighted by Gasteiger charge is 2.39. The highest BCUT2D eigenvalue weighted by molar-refractivity contribution is 5.84. The molecule has 1 spiro atoms. The zero-order chi connectivity index (χ0) is 33.6. The van der Waals surface area contributed by atoms with Crippen LogP contribution >= 0.6 is 0 Å². The van der Waals surface area contributed by atoms with Crippen molar-refractivity contribution in [2.24, 2.45) is 5.41 Å². The van der Waals surface area contributed by atoms with E-state index in [2.05, 4.69) is 16.3 Å². The first kappa shape index (κ1) is 33.0. The van der Waals surface area contributed by atoms with Gasteiger partial charge >= 0.3 is 6.09 Å². The summed E-state index contributed by atoms with van der Waals surface area (Å²) >= 11 is 0. The predicted octanol–water partition coefficient (Wildman–Crippen LogP) is 8.18. The minimum absolute atomic E-state index is 0.204. The maximum absolute atomic E-state index is 12.6. The molecule has 0 aliphatic carbocycles. The molecule has 2 fully saturated rings.